The molecule has 4 aromatic carbocycles. The van der Waals surface area contributed by atoms with Crippen molar-refractivity contribution < 1.29 is 28.6 Å². The number of methoxy groups -OCH3 is 1. The van der Waals surface area contributed by atoms with Crippen molar-refractivity contribution in [3.8, 4) is 17.2 Å². The smallest absolute Gasteiger partial charge is 0.335 e. The van der Waals surface area contributed by atoms with Crippen LogP contribution in [0.2, 0.25) is 0 Å². The van der Waals surface area contributed by atoms with Crippen LogP contribution in [-0.2, 0) is 16.2 Å². The Morgan fingerprint density at radius 3 is 2.38 bits per heavy atom. The number of nitrogens with zero attached hydrogens (tertiary/aromatic N) is 1. The Labute approximate surface area is 231 Å². The summed E-state index contributed by atoms with van der Waals surface area (Å²) in [7, 11) is 1.55. The van der Waals surface area contributed by atoms with E-state index in [1.165, 1.54) is 6.08 Å². The molecule has 1 N–H and O–H groups in total. The summed E-state index contributed by atoms with van der Waals surface area (Å²) in [6.07, 6.45) is 1.43. The molecule has 0 atom stereocenters. The second kappa shape index (κ2) is 11.3. The van der Waals surface area contributed by atoms with Crippen LogP contribution in [0.15, 0.2) is 84.4 Å². The molecular weight excluding hydrogens is 508 g/mol. The zero-order chi connectivity index (χ0) is 28.2. The summed E-state index contributed by atoms with van der Waals surface area (Å²) in [4.78, 5) is 39.8. The molecule has 0 unspecified atom stereocenters. The zero-order valence-corrected chi connectivity index (χ0v) is 22.4. The van der Waals surface area contributed by atoms with Gasteiger partial charge in [0.15, 0.2) is 0 Å². The summed E-state index contributed by atoms with van der Waals surface area (Å²) in [6.45, 7) is 4.62. The normalized spacial score (nSPS) is 14.4. The van der Waals surface area contributed by atoms with Gasteiger partial charge in [-0.2, -0.15) is 0 Å². The number of urea groups is 1. The van der Waals surface area contributed by atoms with Gasteiger partial charge in [0.25, 0.3) is 11.8 Å². The van der Waals surface area contributed by atoms with Crippen molar-refractivity contribution in [2.75, 3.05) is 18.6 Å². The van der Waals surface area contributed by atoms with Crippen molar-refractivity contribution in [2.24, 2.45) is 0 Å². The fraction of sp³-hybridized carbons (Fsp3) is 0.156. The minimum Gasteiger partial charge on any atom is -0.497 e. The fourth-order valence-electron chi connectivity index (χ4n) is 4.58. The lowest BCUT2D eigenvalue weighted by atomic mass is 10.0. The highest BCUT2D eigenvalue weighted by atomic mass is 16.5. The monoisotopic (exact) mass is 536 g/mol. The van der Waals surface area contributed by atoms with Gasteiger partial charge >= 0.3 is 6.03 Å². The number of amides is 4. The Bertz CT molecular complexity index is 1640. The molecule has 202 valence electrons. The van der Waals surface area contributed by atoms with Gasteiger partial charge in [-0.25, -0.2) is 9.69 Å². The molecule has 40 heavy (non-hydrogen) atoms. The van der Waals surface area contributed by atoms with Crippen LogP contribution >= 0.6 is 0 Å². The molecule has 1 heterocycles. The minimum absolute atomic E-state index is 0.204. The van der Waals surface area contributed by atoms with Crippen LogP contribution in [0.1, 0.15) is 23.6 Å². The van der Waals surface area contributed by atoms with Gasteiger partial charge in [0.1, 0.15) is 29.4 Å². The summed E-state index contributed by atoms with van der Waals surface area (Å²) in [6, 6.07) is 23.0. The van der Waals surface area contributed by atoms with Gasteiger partial charge in [0, 0.05) is 17.2 Å². The zero-order valence-electron chi connectivity index (χ0n) is 22.4. The molecule has 1 aliphatic heterocycles. The first-order valence-corrected chi connectivity index (χ1v) is 12.8. The van der Waals surface area contributed by atoms with Crippen molar-refractivity contribution in [3.63, 3.8) is 0 Å². The van der Waals surface area contributed by atoms with E-state index in [9.17, 15) is 14.4 Å². The third-order valence-electron chi connectivity index (χ3n) is 6.67. The van der Waals surface area contributed by atoms with Crippen LogP contribution in [0.5, 0.6) is 17.2 Å². The maximum atomic E-state index is 13.4. The second-order valence-corrected chi connectivity index (χ2v) is 9.16. The van der Waals surface area contributed by atoms with E-state index in [-0.39, 0.29) is 12.2 Å². The lowest BCUT2D eigenvalue weighted by molar-refractivity contribution is -0.122. The molecule has 1 saturated heterocycles. The molecule has 1 aliphatic rings. The highest BCUT2D eigenvalue weighted by molar-refractivity contribution is 6.39. The minimum atomic E-state index is -0.825. The number of hydrogen-bond acceptors (Lipinski definition) is 6. The predicted octanol–water partition coefficient (Wildman–Crippen LogP) is 5.80. The number of nitrogens with one attached hydrogen (secondary N) is 1. The largest absolute Gasteiger partial charge is 0.497 e. The molecular formula is C32H28N2O6. The average Bonchev–Trinajstić information content (AvgIpc) is 2.96. The van der Waals surface area contributed by atoms with E-state index in [4.69, 9.17) is 14.2 Å². The van der Waals surface area contributed by atoms with Crippen molar-refractivity contribution in [3.05, 3.63) is 101 Å². The lowest BCUT2D eigenvalue weighted by Crippen LogP contribution is -2.54. The number of ether oxygens (including phenoxy) is 3. The van der Waals surface area contributed by atoms with Crippen molar-refractivity contribution in [2.45, 2.75) is 20.5 Å². The number of barbiturate groups is 1. The molecule has 0 bridgehead atoms. The maximum Gasteiger partial charge on any atom is 0.335 e. The first-order valence-electron chi connectivity index (χ1n) is 12.8. The Balaban J connectivity index is 1.48. The standard InChI is InChI=1S/C32H28N2O6/c1-4-39-24-15-12-23(13-16-24)34-31(36)27(30(35)33-32(34)37)17-22-11-14-25(38-3)18-29(22)40-19-28-20(2)9-10-21-7-5-6-8-26(21)28/h5-18H,4,19H2,1-3H3,(H,33,35,37)/b27-17+. The van der Waals surface area contributed by atoms with E-state index < -0.39 is 17.8 Å². The third kappa shape index (κ3) is 5.24. The number of benzene rings is 4. The van der Waals surface area contributed by atoms with Crippen LogP contribution in [0, 0.1) is 6.92 Å². The van der Waals surface area contributed by atoms with E-state index in [1.807, 2.05) is 44.2 Å². The summed E-state index contributed by atoms with van der Waals surface area (Å²) in [5.41, 5.74) is 2.69. The number of imide groups is 2. The first kappa shape index (κ1) is 26.5. The Hall–Kier alpha value is -5.11. The van der Waals surface area contributed by atoms with Crippen LogP contribution < -0.4 is 24.4 Å². The molecule has 8 nitrogen and oxygen atoms in total. The molecule has 1 fully saturated rings. The van der Waals surface area contributed by atoms with Crippen LogP contribution in [-0.4, -0.2) is 31.6 Å². The van der Waals surface area contributed by atoms with E-state index in [2.05, 4.69) is 11.4 Å². The Morgan fingerprint density at radius 2 is 1.62 bits per heavy atom. The van der Waals surface area contributed by atoms with Crippen LogP contribution in [0.4, 0.5) is 10.5 Å². The summed E-state index contributed by atoms with van der Waals surface area (Å²) < 4.78 is 17.1. The van der Waals surface area contributed by atoms with Gasteiger partial charge < -0.3 is 14.2 Å². The summed E-state index contributed by atoms with van der Waals surface area (Å²) >= 11 is 0. The maximum absolute atomic E-state index is 13.4. The second-order valence-electron chi connectivity index (χ2n) is 9.16. The Morgan fingerprint density at radius 1 is 0.875 bits per heavy atom. The van der Waals surface area contributed by atoms with Crippen molar-refractivity contribution in [1.82, 2.24) is 5.32 Å². The van der Waals surface area contributed by atoms with Gasteiger partial charge in [-0.05, 0) is 72.7 Å². The summed E-state index contributed by atoms with van der Waals surface area (Å²) in [5.74, 6) is 0.0412. The number of aryl methyl sites for hydroxylation is 1. The van der Waals surface area contributed by atoms with Gasteiger partial charge in [-0.15, -0.1) is 0 Å². The average molecular weight is 537 g/mol. The SMILES string of the molecule is CCOc1ccc(N2C(=O)NC(=O)/C(=C\c3ccc(OC)cc3OCc3c(C)ccc4ccccc34)C2=O)cc1. The fourth-order valence-corrected chi connectivity index (χ4v) is 4.58. The molecule has 0 aromatic heterocycles. The molecule has 0 aliphatic carbocycles. The molecule has 0 spiro atoms. The lowest BCUT2D eigenvalue weighted by Gasteiger charge is -2.26. The number of carbonyl (C=O) groups excluding carboxylic acids is 3. The molecule has 0 radical (unpaired) electrons. The van der Waals surface area contributed by atoms with Gasteiger partial charge in [-0.3, -0.25) is 14.9 Å². The quantitative estimate of drug-likeness (QED) is 0.226. The number of carbonyl (C=O) groups is 3. The van der Waals surface area contributed by atoms with E-state index in [0.29, 0.717) is 35.1 Å². The molecule has 0 saturated carbocycles. The van der Waals surface area contributed by atoms with Crippen molar-refractivity contribution in [1.29, 1.82) is 0 Å². The van der Waals surface area contributed by atoms with Crippen LogP contribution in [0.25, 0.3) is 16.8 Å². The third-order valence-corrected chi connectivity index (χ3v) is 6.67. The molecule has 4 amide bonds. The van der Waals surface area contributed by atoms with Crippen molar-refractivity contribution >= 4 is 40.4 Å². The van der Waals surface area contributed by atoms with E-state index in [1.54, 1.807) is 49.6 Å². The molecule has 5 rings (SSSR count). The van der Waals surface area contributed by atoms with Gasteiger partial charge in [0.05, 0.1) is 19.4 Å². The number of anilines is 1. The topological polar surface area (TPSA) is 94.2 Å². The molecule has 8 heteroatoms. The number of fused-ring (bicyclic) bond motifs is 1. The first-order chi connectivity index (χ1) is 19.4. The predicted molar refractivity (Wildman–Crippen MR) is 153 cm³/mol. The summed E-state index contributed by atoms with van der Waals surface area (Å²) in [5, 5.41) is 4.44. The van der Waals surface area contributed by atoms with Gasteiger partial charge in [-0.1, -0.05) is 36.4 Å². The highest BCUT2D eigenvalue weighted by Crippen LogP contribution is 2.31. The highest BCUT2D eigenvalue weighted by Gasteiger charge is 2.37. The number of hydrogen-bond donors (Lipinski definition) is 1. The van der Waals surface area contributed by atoms with Gasteiger partial charge in [0.2, 0.25) is 0 Å². The van der Waals surface area contributed by atoms with E-state index in [0.717, 1.165) is 26.8 Å². The van der Waals surface area contributed by atoms with E-state index >= 15 is 0 Å². The number of rotatable bonds is 8. The van der Waals surface area contributed by atoms with Crippen LogP contribution in [0.3, 0.4) is 0 Å². The Kier molecular flexibility index (Phi) is 7.50. The molecule has 4 aromatic rings.